The third kappa shape index (κ3) is 5.63. The van der Waals surface area contributed by atoms with E-state index < -0.39 is 18.1 Å². The van der Waals surface area contributed by atoms with E-state index in [-0.39, 0.29) is 31.3 Å². The Kier molecular flexibility index (Phi) is 7.28. The molecule has 0 spiro atoms. The summed E-state index contributed by atoms with van der Waals surface area (Å²) < 4.78 is 5.50. The van der Waals surface area contributed by atoms with Crippen LogP contribution in [-0.2, 0) is 14.3 Å². The molecule has 31 heavy (non-hydrogen) atoms. The summed E-state index contributed by atoms with van der Waals surface area (Å²) in [4.78, 5) is 36.6. The molecule has 0 fully saturated rings. The number of benzene rings is 2. The number of hydrogen-bond donors (Lipinski definition) is 2. The van der Waals surface area contributed by atoms with Crippen molar-refractivity contribution in [3.8, 4) is 11.1 Å². The fourth-order valence-corrected chi connectivity index (χ4v) is 3.90. The van der Waals surface area contributed by atoms with Gasteiger partial charge in [0.1, 0.15) is 6.61 Å². The minimum Gasteiger partial charge on any atom is -0.481 e. The number of carboxylic acids is 1. The summed E-state index contributed by atoms with van der Waals surface area (Å²) in [5.74, 6) is -1.06. The minimum absolute atomic E-state index is 0.0181. The number of carbonyl (C=O) groups excluding carboxylic acids is 2. The Balaban J connectivity index is 1.49. The lowest BCUT2D eigenvalue weighted by Crippen LogP contribution is -2.39. The highest BCUT2D eigenvalue weighted by atomic mass is 16.5. The van der Waals surface area contributed by atoms with Crippen molar-refractivity contribution in [1.82, 2.24) is 10.2 Å². The average Bonchev–Trinajstić information content (AvgIpc) is 3.05. The maximum Gasteiger partial charge on any atom is 0.407 e. The molecule has 2 aromatic rings. The highest BCUT2D eigenvalue weighted by Crippen LogP contribution is 2.44. The van der Waals surface area contributed by atoms with Crippen LogP contribution in [0.1, 0.15) is 43.2 Å². The molecule has 0 aromatic heterocycles. The van der Waals surface area contributed by atoms with Crippen LogP contribution in [0.5, 0.6) is 0 Å². The number of aliphatic carboxylic acids is 1. The molecule has 2 aromatic carbocycles. The Morgan fingerprint density at radius 2 is 1.65 bits per heavy atom. The van der Waals surface area contributed by atoms with Gasteiger partial charge in [0.05, 0.1) is 0 Å². The van der Waals surface area contributed by atoms with Gasteiger partial charge in [-0.3, -0.25) is 9.59 Å². The first-order valence-electron chi connectivity index (χ1n) is 10.4. The van der Waals surface area contributed by atoms with Crippen molar-refractivity contribution in [2.45, 2.75) is 38.1 Å². The third-order valence-electron chi connectivity index (χ3n) is 5.50. The zero-order valence-electron chi connectivity index (χ0n) is 17.8. The number of rotatable bonds is 9. The van der Waals surface area contributed by atoms with Crippen LogP contribution in [0.3, 0.4) is 0 Å². The molecule has 1 unspecified atom stereocenters. The summed E-state index contributed by atoms with van der Waals surface area (Å²) in [7, 11) is 1.63. The molecule has 2 N–H and O–H groups in total. The lowest BCUT2D eigenvalue weighted by molar-refractivity contribution is -0.138. The second-order valence-electron chi connectivity index (χ2n) is 7.89. The van der Waals surface area contributed by atoms with Crippen LogP contribution in [0.25, 0.3) is 11.1 Å². The Labute approximate surface area is 182 Å². The molecule has 1 aliphatic carbocycles. The maximum absolute atomic E-state index is 12.3. The molecular formula is C24H28N2O5. The molecule has 3 rings (SSSR count). The van der Waals surface area contributed by atoms with Gasteiger partial charge in [-0.25, -0.2) is 4.79 Å². The van der Waals surface area contributed by atoms with E-state index in [0.29, 0.717) is 13.0 Å². The van der Waals surface area contributed by atoms with Crippen LogP contribution in [0, 0.1) is 0 Å². The number of fused-ring (bicyclic) bond motifs is 3. The maximum atomic E-state index is 12.3. The van der Waals surface area contributed by atoms with Gasteiger partial charge >= 0.3 is 12.1 Å². The molecule has 164 valence electrons. The number of nitrogens with zero attached hydrogens (tertiary/aromatic N) is 1. The Morgan fingerprint density at radius 1 is 1.06 bits per heavy atom. The lowest BCUT2D eigenvalue weighted by Gasteiger charge is -2.20. The van der Waals surface area contributed by atoms with Crippen LogP contribution < -0.4 is 5.32 Å². The predicted molar refractivity (Wildman–Crippen MR) is 117 cm³/mol. The fraction of sp³-hybridized carbons (Fsp3) is 0.375. The molecule has 0 saturated heterocycles. The molecule has 2 amide bonds. The number of alkyl carbamates (subject to hydrolysis) is 1. The molecule has 1 atom stereocenters. The highest BCUT2D eigenvalue weighted by Gasteiger charge is 2.29. The third-order valence-corrected chi connectivity index (χ3v) is 5.50. The monoisotopic (exact) mass is 424 g/mol. The molecule has 0 heterocycles. The molecule has 7 nitrogen and oxygen atoms in total. The number of nitrogens with one attached hydrogen (secondary N) is 1. The van der Waals surface area contributed by atoms with Crippen molar-refractivity contribution in [2.24, 2.45) is 0 Å². The molecule has 0 radical (unpaired) electrons. The number of ether oxygens (including phenoxy) is 1. The molecule has 0 bridgehead atoms. The topological polar surface area (TPSA) is 95.9 Å². The van der Waals surface area contributed by atoms with Gasteiger partial charge in [0.2, 0.25) is 5.91 Å². The lowest BCUT2D eigenvalue weighted by atomic mass is 9.98. The molecule has 0 aliphatic heterocycles. The Morgan fingerprint density at radius 3 is 2.23 bits per heavy atom. The van der Waals surface area contributed by atoms with E-state index in [2.05, 4.69) is 29.6 Å². The van der Waals surface area contributed by atoms with Crippen LogP contribution in [-0.4, -0.2) is 54.2 Å². The van der Waals surface area contributed by atoms with Crippen LogP contribution in [0.15, 0.2) is 48.5 Å². The molecule has 7 heteroatoms. The summed E-state index contributed by atoms with van der Waals surface area (Å²) in [5, 5.41) is 11.4. The number of amides is 2. The van der Waals surface area contributed by atoms with Gasteiger partial charge in [-0.05, 0) is 35.6 Å². The summed E-state index contributed by atoms with van der Waals surface area (Å²) in [6, 6.07) is 15.8. The smallest absolute Gasteiger partial charge is 0.407 e. The highest BCUT2D eigenvalue weighted by molar-refractivity contribution is 5.79. The number of hydrogen-bond acceptors (Lipinski definition) is 4. The first-order chi connectivity index (χ1) is 14.9. The largest absolute Gasteiger partial charge is 0.481 e. The van der Waals surface area contributed by atoms with E-state index in [1.165, 1.54) is 4.90 Å². The van der Waals surface area contributed by atoms with E-state index in [1.54, 1.807) is 14.0 Å². The van der Waals surface area contributed by atoms with Crippen LogP contribution in [0.2, 0.25) is 0 Å². The van der Waals surface area contributed by atoms with Crippen molar-refractivity contribution < 1.29 is 24.2 Å². The minimum atomic E-state index is -0.883. The summed E-state index contributed by atoms with van der Waals surface area (Å²) >= 11 is 0. The molecule has 1 aliphatic rings. The van der Waals surface area contributed by atoms with Crippen molar-refractivity contribution >= 4 is 18.0 Å². The van der Waals surface area contributed by atoms with Gasteiger partial charge in [-0.2, -0.15) is 0 Å². The van der Waals surface area contributed by atoms with E-state index >= 15 is 0 Å². The van der Waals surface area contributed by atoms with Crippen molar-refractivity contribution in [3.05, 3.63) is 59.7 Å². The Hall–Kier alpha value is -3.35. The molecule has 0 saturated carbocycles. The van der Waals surface area contributed by atoms with Crippen LogP contribution in [0.4, 0.5) is 4.79 Å². The average molecular weight is 424 g/mol. The van der Waals surface area contributed by atoms with Gasteiger partial charge in [-0.15, -0.1) is 0 Å². The fourth-order valence-electron chi connectivity index (χ4n) is 3.90. The standard InChI is InChI=1S/C24H28N2O5/c1-16(14-22(27)26(2)13-7-12-23(28)29)25-24(30)31-15-21-19-10-5-3-8-17(19)18-9-4-6-11-20(18)21/h3-6,8-11,16,21H,7,12-15H2,1-2H3,(H,25,30)(H,28,29). The van der Waals surface area contributed by atoms with Crippen molar-refractivity contribution in [3.63, 3.8) is 0 Å². The van der Waals surface area contributed by atoms with E-state index in [9.17, 15) is 14.4 Å². The van der Waals surface area contributed by atoms with E-state index in [1.807, 2.05) is 24.3 Å². The quantitative estimate of drug-likeness (QED) is 0.641. The summed E-state index contributed by atoms with van der Waals surface area (Å²) in [6.07, 6.45) is -0.0271. The first-order valence-corrected chi connectivity index (χ1v) is 10.4. The zero-order chi connectivity index (χ0) is 22.4. The van der Waals surface area contributed by atoms with Gasteiger partial charge < -0.3 is 20.1 Å². The van der Waals surface area contributed by atoms with Gasteiger partial charge in [0.15, 0.2) is 0 Å². The predicted octanol–water partition coefficient (Wildman–Crippen LogP) is 3.63. The van der Waals surface area contributed by atoms with Crippen molar-refractivity contribution in [2.75, 3.05) is 20.2 Å². The first kappa shape index (κ1) is 22.3. The summed E-state index contributed by atoms with van der Waals surface area (Å²) in [6.45, 7) is 2.32. The van der Waals surface area contributed by atoms with Gasteiger partial charge in [0, 0.05) is 38.4 Å². The van der Waals surface area contributed by atoms with E-state index in [4.69, 9.17) is 9.84 Å². The van der Waals surface area contributed by atoms with Crippen LogP contribution >= 0.6 is 0 Å². The second-order valence-corrected chi connectivity index (χ2v) is 7.89. The van der Waals surface area contributed by atoms with Crippen molar-refractivity contribution in [1.29, 1.82) is 0 Å². The Bertz CT molecular complexity index is 913. The SMILES string of the molecule is CC(CC(=O)N(C)CCCC(=O)O)NC(=O)OCC1c2ccccc2-c2ccccc21. The normalized spacial score (nSPS) is 13.1. The zero-order valence-corrected chi connectivity index (χ0v) is 17.8. The second kappa shape index (κ2) is 10.1. The van der Waals surface area contributed by atoms with Gasteiger partial charge in [0.25, 0.3) is 0 Å². The number of carbonyl (C=O) groups is 3. The summed E-state index contributed by atoms with van der Waals surface area (Å²) in [5.41, 5.74) is 4.61. The number of carboxylic acid groups (broad SMARTS) is 1. The van der Waals surface area contributed by atoms with E-state index in [0.717, 1.165) is 22.3 Å². The van der Waals surface area contributed by atoms with Gasteiger partial charge in [-0.1, -0.05) is 48.5 Å². The molecular weight excluding hydrogens is 396 g/mol.